The van der Waals surface area contributed by atoms with E-state index in [1.165, 1.54) is 24.8 Å². The summed E-state index contributed by atoms with van der Waals surface area (Å²) >= 11 is 0. The first-order valence-electron chi connectivity index (χ1n) is 8.80. The van der Waals surface area contributed by atoms with Crippen molar-refractivity contribution in [1.29, 1.82) is 0 Å². The van der Waals surface area contributed by atoms with Gasteiger partial charge in [-0.15, -0.1) is 0 Å². The van der Waals surface area contributed by atoms with Crippen LogP contribution in [0.4, 0.5) is 0 Å². The number of unbranched alkanes of at least 4 members (excludes halogenated alkanes) is 4. The van der Waals surface area contributed by atoms with Crippen LogP contribution >= 0.6 is 0 Å². The summed E-state index contributed by atoms with van der Waals surface area (Å²) in [6.45, 7) is 9.12. The van der Waals surface area contributed by atoms with Gasteiger partial charge in [0.1, 0.15) is 0 Å². The minimum atomic E-state index is -0.177. The molecule has 2 heteroatoms. The van der Waals surface area contributed by atoms with E-state index in [0.29, 0.717) is 12.5 Å². The van der Waals surface area contributed by atoms with Gasteiger partial charge in [-0.3, -0.25) is 4.79 Å². The van der Waals surface area contributed by atoms with Crippen molar-refractivity contribution in [2.24, 2.45) is 5.92 Å². The highest BCUT2D eigenvalue weighted by Gasteiger charge is 2.16. The molecule has 0 aromatic heterocycles. The SMILES string of the molecule is CCCCCCCOC(=O)[C@@H](C)c1ccc(CC(C)C)cc1. The topological polar surface area (TPSA) is 26.3 Å². The van der Waals surface area contributed by atoms with Crippen molar-refractivity contribution in [2.75, 3.05) is 6.61 Å². The van der Waals surface area contributed by atoms with Crippen LogP contribution < -0.4 is 0 Å². The van der Waals surface area contributed by atoms with E-state index in [1.54, 1.807) is 0 Å². The van der Waals surface area contributed by atoms with Gasteiger partial charge in [-0.2, -0.15) is 0 Å². The molecule has 0 amide bonds. The highest BCUT2D eigenvalue weighted by atomic mass is 16.5. The zero-order chi connectivity index (χ0) is 16.4. The maximum atomic E-state index is 12.1. The Balaban J connectivity index is 2.36. The summed E-state index contributed by atoms with van der Waals surface area (Å²) in [5.41, 5.74) is 2.37. The number of hydrogen-bond acceptors (Lipinski definition) is 2. The van der Waals surface area contributed by atoms with E-state index in [9.17, 15) is 4.79 Å². The zero-order valence-corrected chi connectivity index (χ0v) is 14.7. The van der Waals surface area contributed by atoms with Gasteiger partial charge in [-0.25, -0.2) is 0 Å². The van der Waals surface area contributed by atoms with Crippen LogP contribution in [0.2, 0.25) is 0 Å². The fourth-order valence-corrected chi connectivity index (χ4v) is 2.55. The monoisotopic (exact) mass is 304 g/mol. The molecule has 0 saturated carbocycles. The maximum Gasteiger partial charge on any atom is 0.313 e. The molecule has 0 fully saturated rings. The van der Waals surface area contributed by atoms with Gasteiger partial charge in [0.25, 0.3) is 0 Å². The molecule has 1 aromatic rings. The zero-order valence-electron chi connectivity index (χ0n) is 14.7. The Hall–Kier alpha value is -1.31. The fourth-order valence-electron chi connectivity index (χ4n) is 2.55. The van der Waals surface area contributed by atoms with E-state index >= 15 is 0 Å². The molecule has 1 aromatic carbocycles. The quantitative estimate of drug-likeness (QED) is 0.421. The lowest BCUT2D eigenvalue weighted by atomic mass is 9.97. The summed E-state index contributed by atoms with van der Waals surface area (Å²) in [6.07, 6.45) is 6.96. The Morgan fingerprint density at radius 3 is 2.23 bits per heavy atom. The second kappa shape index (κ2) is 10.4. The van der Waals surface area contributed by atoms with Crippen LogP contribution in [0.3, 0.4) is 0 Å². The molecule has 2 nitrogen and oxygen atoms in total. The van der Waals surface area contributed by atoms with E-state index < -0.39 is 0 Å². The number of rotatable bonds is 10. The summed E-state index contributed by atoms with van der Waals surface area (Å²) in [4.78, 5) is 12.1. The molecule has 0 bridgehead atoms. The lowest BCUT2D eigenvalue weighted by Gasteiger charge is -2.13. The van der Waals surface area contributed by atoms with Gasteiger partial charge >= 0.3 is 5.97 Å². The van der Waals surface area contributed by atoms with Gasteiger partial charge in [-0.1, -0.05) is 70.7 Å². The summed E-state index contributed by atoms with van der Waals surface area (Å²) in [6, 6.07) is 8.38. The van der Waals surface area contributed by atoms with E-state index in [2.05, 4.69) is 45.0 Å². The number of carbonyl (C=O) groups excluding carboxylic acids is 1. The van der Waals surface area contributed by atoms with Crippen molar-refractivity contribution in [3.8, 4) is 0 Å². The van der Waals surface area contributed by atoms with Crippen molar-refractivity contribution < 1.29 is 9.53 Å². The molecule has 0 radical (unpaired) electrons. The maximum absolute atomic E-state index is 12.1. The molecule has 0 spiro atoms. The molecule has 0 aliphatic rings. The number of esters is 1. The first kappa shape index (κ1) is 18.7. The van der Waals surface area contributed by atoms with Crippen LogP contribution in [0, 0.1) is 5.92 Å². The van der Waals surface area contributed by atoms with Crippen LogP contribution in [0.25, 0.3) is 0 Å². The molecule has 0 N–H and O–H groups in total. The highest BCUT2D eigenvalue weighted by Crippen LogP contribution is 2.19. The largest absolute Gasteiger partial charge is 0.465 e. The third-order valence-corrected chi connectivity index (χ3v) is 3.97. The average molecular weight is 304 g/mol. The Kier molecular flexibility index (Phi) is 8.88. The van der Waals surface area contributed by atoms with Crippen LogP contribution in [0.5, 0.6) is 0 Å². The standard InChI is InChI=1S/C20H32O2/c1-5-6-7-8-9-14-22-20(21)17(4)19-12-10-18(11-13-19)15-16(2)3/h10-13,16-17H,5-9,14-15H2,1-4H3/t17-/m0/s1. The van der Waals surface area contributed by atoms with E-state index in [4.69, 9.17) is 4.74 Å². The number of carbonyl (C=O) groups is 1. The molecular formula is C20H32O2. The molecular weight excluding hydrogens is 272 g/mol. The van der Waals surface area contributed by atoms with Crippen molar-refractivity contribution in [3.05, 3.63) is 35.4 Å². The minimum Gasteiger partial charge on any atom is -0.465 e. The minimum absolute atomic E-state index is 0.105. The van der Waals surface area contributed by atoms with Crippen molar-refractivity contribution >= 4 is 5.97 Å². The number of ether oxygens (including phenoxy) is 1. The molecule has 0 saturated heterocycles. The predicted molar refractivity (Wildman–Crippen MR) is 93.1 cm³/mol. The lowest BCUT2D eigenvalue weighted by Crippen LogP contribution is -2.14. The lowest BCUT2D eigenvalue weighted by molar-refractivity contribution is -0.145. The molecule has 1 atom stereocenters. The molecule has 0 heterocycles. The van der Waals surface area contributed by atoms with E-state index in [0.717, 1.165) is 24.8 Å². The molecule has 124 valence electrons. The van der Waals surface area contributed by atoms with Gasteiger partial charge in [-0.05, 0) is 36.8 Å². The summed E-state index contributed by atoms with van der Waals surface area (Å²) < 4.78 is 5.39. The van der Waals surface area contributed by atoms with Crippen LogP contribution in [0.15, 0.2) is 24.3 Å². The molecule has 22 heavy (non-hydrogen) atoms. The van der Waals surface area contributed by atoms with Crippen LogP contribution in [-0.4, -0.2) is 12.6 Å². The third kappa shape index (κ3) is 7.11. The van der Waals surface area contributed by atoms with Crippen LogP contribution in [0.1, 0.15) is 76.8 Å². The van der Waals surface area contributed by atoms with E-state index in [1.807, 2.05) is 6.92 Å². The number of benzene rings is 1. The van der Waals surface area contributed by atoms with Crippen molar-refractivity contribution in [3.63, 3.8) is 0 Å². The summed E-state index contributed by atoms with van der Waals surface area (Å²) in [7, 11) is 0. The first-order chi connectivity index (χ1) is 10.5. The van der Waals surface area contributed by atoms with Gasteiger partial charge < -0.3 is 4.74 Å². The Morgan fingerprint density at radius 1 is 1.00 bits per heavy atom. The smallest absolute Gasteiger partial charge is 0.313 e. The second-order valence-corrected chi connectivity index (χ2v) is 6.64. The summed E-state index contributed by atoms with van der Waals surface area (Å²) in [5, 5.41) is 0. The Labute approximate surface area is 136 Å². The van der Waals surface area contributed by atoms with Gasteiger partial charge in [0, 0.05) is 0 Å². The molecule has 0 aliphatic carbocycles. The Morgan fingerprint density at radius 2 is 1.64 bits per heavy atom. The second-order valence-electron chi connectivity index (χ2n) is 6.64. The Bertz CT molecular complexity index is 420. The van der Waals surface area contributed by atoms with Gasteiger partial charge in [0.15, 0.2) is 0 Å². The summed E-state index contributed by atoms with van der Waals surface area (Å²) in [5.74, 6) is 0.372. The molecule has 0 aliphatic heterocycles. The van der Waals surface area contributed by atoms with Gasteiger partial charge in [0.2, 0.25) is 0 Å². The predicted octanol–water partition coefficient (Wildman–Crippen LogP) is 5.50. The fraction of sp³-hybridized carbons (Fsp3) is 0.650. The average Bonchev–Trinajstić information content (AvgIpc) is 2.50. The first-order valence-corrected chi connectivity index (χ1v) is 8.80. The van der Waals surface area contributed by atoms with E-state index in [-0.39, 0.29) is 11.9 Å². The highest BCUT2D eigenvalue weighted by molar-refractivity contribution is 5.77. The van der Waals surface area contributed by atoms with Crippen LogP contribution in [-0.2, 0) is 16.0 Å². The molecule has 0 unspecified atom stereocenters. The molecule has 1 rings (SSSR count). The third-order valence-electron chi connectivity index (χ3n) is 3.97. The number of hydrogen-bond donors (Lipinski definition) is 0. The van der Waals surface area contributed by atoms with Gasteiger partial charge in [0.05, 0.1) is 12.5 Å². The normalized spacial score (nSPS) is 12.4. The van der Waals surface area contributed by atoms with Crippen molar-refractivity contribution in [1.82, 2.24) is 0 Å². The van der Waals surface area contributed by atoms with Crippen molar-refractivity contribution in [2.45, 2.75) is 72.1 Å².